The predicted octanol–water partition coefficient (Wildman–Crippen LogP) is 2.56. The number of rotatable bonds is 6. The van der Waals surface area contributed by atoms with E-state index in [4.69, 9.17) is 4.74 Å². The van der Waals surface area contributed by atoms with Crippen LogP contribution in [0.25, 0.3) is 0 Å². The molecule has 1 N–H and O–H groups in total. The van der Waals surface area contributed by atoms with Crippen LogP contribution in [0.4, 0.5) is 0 Å². The molecule has 0 aromatic heterocycles. The zero-order chi connectivity index (χ0) is 12.0. The minimum atomic E-state index is 0.0735. The molecule has 0 saturated heterocycles. The van der Waals surface area contributed by atoms with Crippen LogP contribution >= 0.6 is 0 Å². The highest BCUT2D eigenvalue weighted by atomic mass is 16.5. The normalized spacial score (nSPS) is 12.1. The van der Waals surface area contributed by atoms with Crippen LogP contribution in [-0.2, 0) is 11.2 Å². The van der Waals surface area contributed by atoms with E-state index in [1.165, 1.54) is 0 Å². The Kier molecular flexibility index (Phi) is 4.83. The maximum Gasteiger partial charge on any atom is 0.161 e. The Hall–Kier alpha value is -1.51. The van der Waals surface area contributed by atoms with Gasteiger partial charge in [0, 0.05) is 5.92 Å². The number of hydrogen-bond acceptors (Lipinski definition) is 3. The van der Waals surface area contributed by atoms with Crippen LogP contribution in [0.1, 0.15) is 25.8 Å². The van der Waals surface area contributed by atoms with Gasteiger partial charge in [0.15, 0.2) is 11.5 Å². The summed E-state index contributed by atoms with van der Waals surface area (Å²) in [5.74, 6) is 0.747. The van der Waals surface area contributed by atoms with Crippen molar-refractivity contribution >= 4 is 6.29 Å². The third-order valence-electron chi connectivity index (χ3n) is 2.44. The fourth-order valence-corrected chi connectivity index (χ4v) is 1.45. The number of aryl methyl sites for hydroxylation is 1. The lowest BCUT2D eigenvalue weighted by atomic mass is 10.0. The first-order valence-corrected chi connectivity index (χ1v) is 5.57. The van der Waals surface area contributed by atoms with E-state index in [9.17, 15) is 9.90 Å². The second kappa shape index (κ2) is 6.16. The summed E-state index contributed by atoms with van der Waals surface area (Å²) in [4.78, 5) is 10.5. The highest BCUT2D eigenvalue weighted by molar-refractivity contribution is 5.52. The summed E-state index contributed by atoms with van der Waals surface area (Å²) in [6, 6.07) is 5.32. The van der Waals surface area contributed by atoms with Crippen molar-refractivity contribution in [2.45, 2.75) is 26.7 Å². The molecule has 3 nitrogen and oxygen atoms in total. The Morgan fingerprint density at radius 1 is 1.50 bits per heavy atom. The molecule has 0 aliphatic rings. The number of phenolic OH excluding ortho intramolecular Hbond substituents is 1. The number of aldehydes is 1. The summed E-state index contributed by atoms with van der Waals surface area (Å²) >= 11 is 0. The van der Waals surface area contributed by atoms with Gasteiger partial charge in [-0.05, 0) is 37.5 Å². The third-order valence-corrected chi connectivity index (χ3v) is 2.44. The van der Waals surface area contributed by atoms with Crippen molar-refractivity contribution < 1.29 is 14.6 Å². The molecule has 0 aliphatic heterocycles. The molecule has 1 rings (SSSR count). The van der Waals surface area contributed by atoms with Gasteiger partial charge in [-0.2, -0.15) is 0 Å². The first kappa shape index (κ1) is 12.6. The van der Waals surface area contributed by atoms with Crippen molar-refractivity contribution in [3.05, 3.63) is 23.8 Å². The van der Waals surface area contributed by atoms with Gasteiger partial charge in [-0.15, -0.1) is 0 Å². The number of benzene rings is 1. The highest BCUT2D eigenvalue weighted by Crippen LogP contribution is 2.27. The van der Waals surface area contributed by atoms with E-state index in [0.717, 1.165) is 24.7 Å². The molecule has 0 fully saturated rings. The summed E-state index contributed by atoms with van der Waals surface area (Å²) in [5, 5.41) is 9.51. The van der Waals surface area contributed by atoms with E-state index in [1.807, 2.05) is 26.0 Å². The molecule has 0 bridgehead atoms. The predicted molar refractivity (Wildman–Crippen MR) is 62.8 cm³/mol. The van der Waals surface area contributed by atoms with E-state index >= 15 is 0 Å². The standard InChI is InChI=1S/C13H18O3/c1-3-16-13-8-11(6-7-12(13)15)5-4-10(2)9-14/h6-10,15H,3-5H2,1-2H3/t10-/m0/s1. The number of carbonyl (C=O) groups excluding carboxylic acids is 1. The molecule has 3 heteroatoms. The Bertz CT molecular complexity index is 347. The van der Waals surface area contributed by atoms with E-state index in [0.29, 0.717) is 12.4 Å². The fraction of sp³-hybridized carbons (Fsp3) is 0.462. The molecule has 1 aromatic carbocycles. The molecule has 0 saturated carbocycles. The molecule has 1 atom stereocenters. The fourth-order valence-electron chi connectivity index (χ4n) is 1.45. The van der Waals surface area contributed by atoms with Crippen LogP contribution in [-0.4, -0.2) is 18.0 Å². The van der Waals surface area contributed by atoms with Crippen LogP contribution in [0.3, 0.4) is 0 Å². The summed E-state index contributed by atoms with van der Waals surface area (Å²) in [5.41, 5.74) is 1.08. The Balaban J connectivity index is 2.66. The molecular formula is C13H18O3. The van der Waals surface area contributed by atoms with Crippen molar-refractivity contribution in [2.75, 3.05) is 6.61 Å². The second-order valence-corrected chi connectivity index (χ2v) is 3.89. The average molecular weight is 222 g/mol. The average Bonchev–Trinajstić information content (AvgIpc) is 2.30. The van der Waals surface area contributed by atoms with E-state index in [1.54, 1.807) is 6.07 Å². The van der Waals surface area contributed by atoms with Crippen LogP contribution in [0.2, 0.25) is 0 Å². The topological polar surface area (TPSA) is 46.5 Å². The minimum absolute atomic E-state index is 0.0735. The van der Waals surface area contributed by atoms with Gasteiger partial charge in [-0.3, -0.25) is 0 Å². The van der Waals surface area contributed by atoms with Crippen LogP contribution in [0, 0.1) is 5.92 Å². The maximum atomic E-state index is 10.5. The molecule has 0 amide bonds. The minimum Gasteiger partial charge on any atom is -0.504 e. The Morgan fingerprint density at radius 2 is 2.25 bits per heavy atom. The van der Waals surface area contributed by atoms with E-state index in [2.05, 4.69) is 0 Å². The first-order valence-electron chi connectivity index (χ1n) is 5.57. The molecule has 0 spiro atoms. The zero-order valence-electron chi connectivity index (χ0n) is 9.77. The maximum absolute atomic E-state index is 10.5. The highest BCUT2D eigenvalue weighted by Gasteiger charge is 2.05. The third kappa shape index (κ3) is 3.57. The lowest BCUT2D eigenvalue weighted by Gasteiger charge is -2.09. The first-order chi connectivity index (χ1) is 7.67. The van der Waals surface area contributed by atoms with Gasteiger partial charge in [0.05, 0.1) is 6.61 Å². The van der Waals surface area contributed by atoms with Crippen LogP contribution in [0.15, 0.2) is 18.2 Å². The van der Waals surface area contributed by atoms with Crippen LogP contribution in [0.5, 0.6) is 11.5 Å². The van der Waals surface area contributed by atoms with E-state index < -0.39 is 0 Å². The van der Waals surface area contributed by atoms with Gasteiger partial charge in [-0.1, -0.05) is 13.0 Å². The van der Waals surface area contributed by atoms with Gasteiger partial charge in [0.1, 0.15) is 6.29 Å². The van der Waals surface area contributed by atoms with Crippen LogP contribution < -0.4 is 4.74 Å². The SMILES string of the molecule is CCOc1cc(CC[C@H](C)C=O)ccc1O. The number of aromatic hydroxyl groups is 1. The van der Waals surface area contributed by atoms with Crippen molar-refractivity contribution in [3.63, 3.8) is 0 Å². The molecule has 0 unspecified atom stereocenters. The smallest absolute Gasteiger partial charge is 0.161 e. The molecule has 0 radical (unpaired) electrons. The van der Waals surface area contributed by atoms with Gasteiger partial charge < -0.3 is 14.6 Å². The Morgan fingerprint density at radius 3 is 2.88 bits per heavy atom. The van der Waals surface area contributed by atoms with Crippen molar-refractivity contribution in [2.24, 2.45) is 5.92 Å². The summed E-state index contributed by atoms with van der Waals surface area (Å²) in [6.45, 7) is 4.30. The van der Waals surface area contributed by atoms with E-state index in [-0.39, 0.29) is 11.7 Å². The zero-order valence-corrected chi connectivity index (χ0v) is 9.77. The summed E-state index contributed by atoms with van der Waals surface area (Å²) in [6.07, 6.45) is 2.60. The molecule has 16 heavy (non-hydrogen) atoms. The van der Waals surface area contributed by atoms with Gasteiger partial charge >= 0.3 is 0 Å². The lowest BCUT2D eigenvalue weighted by Crippen LogP contribution is -1.99. The lowest BCUT2D eigenvalue weighted by molar-refractivity contribution is -0.110. The number of ether oxygens (including phenoxy) is 1. The molecular weight excluding hydrogens is 204 g/mol. The molecule has 88 valence electrons. The van der Waals surface area contributed by atoms with Crippen molar-refractivity contribution in [3.8, 4) is 11.5 Å². The molecule has 0 aliphatic carbocycles. The number of hydrogen-bond donors (Lipinski definition) is 1. The second-order valence-electron chi connectivity index (χ2n) is 3.89. The van der Waals surface area contributed by atoms with Crippen molar-refractivity contribution in [1.82, 2.24) is 0 Å². The van der Waals surface area contributed by atoms with Gasteiger partial charge in [0.25, 0.3) is 0 Å². The monoisotopic (exact) mass is 222 g/mol. The Labute approximate surface area is 96.1 Å². The van der Waals surface area contributed by atoms with Crippen molar-refractivity contribution in [1.29, 1.82) is 0 Å². The quantitative estimate of drug-likeness (QED) is 0.752. The molecule has 1 aromatic rings. The number of carbonyl (C=O) groups is 1. The molecule has 0 heterocycles. The van der Waals surface area contributed by atoms with Gasteiger partial charge in [-0.25, -0.2) is 0 Å². The summed E-state index contributed by atoms with van der Waals surface area (Å²) < 4.78 is 5.29. The largest absolute Gasteiger partial charge is 0.504 e. The summed E-state index contributed by atoms with van der Waals surface area (Å²) in [7, 11) is 0. The van der Waals surface area contributed by atoms with Gasteiger partial charge in [0.2, 0.25) is 0 Å². The number of phenols is 1.